The van der Waals surface area contributed by atoms with Crippen molar-refractivity contribution in [3.63, 3.8) is 0 Å². The Kier molecular flexibility index (Phi) is 5.62. The largest absolute Gasteiger partial charge is 0.293 e. The van der Waals surface area contributed by atoms with Crippen LogP contribution < -0.4 is 0 Å². The highest BCUT2D eigenvalue weighted by Gasteiger charge is 2.12. The number of Topliss-reactive ketones (excluding diaryl/α,β-unsaturated/α-hetero) is 1. The maximum Gasteiger partial charge on any atom is 0.175 e. The summed E-state index contributed by atoms with van der Waals surface area (Å²) in [4.78, 5) is 11.6. The van der Waals surface area contributed by atoms with E-state index in [0.717, 1.165) is 24.3 Å². The number of ketones is 1. The van der Waals surface area contributed by atoms with Crippen LogP contribution in [0.1, 0.15) is 30.6 Å². The number of carbonyl (C=O) groups is 1. The number of rotatable bonds is 6. The molecule has 0 bridgehead atoms. The van der Waals surface area contributed by atoms with E-state index in [2.05, 4.69) is 13.8 Å². The summed E-state index contributed by atoms with van der Waals surface area (Å²) in [7, 11) is 0. The van der Waals surface area contributed by atoms with Gasteiger partial charge in [0.2, 0.25) is 0 Å². The van der Waals surface area contributed by atoms with E-state index >= 15 is 0 Å². The molecule has 0 atom stereocenters. The molecule has 0 spiro atoms. The first kappa shape index (κ1) is 14.2. The third kappa shape index (κ3) is 4.86. The van der Waals surface area contributed by atoms with Crippen LogP contribution >= 0.6 is 11.8 Å². The van der Waals surface area contributed by atoms with Crippen molar-refractivity contribution >= 4 is 17.5 Å². The molecular weight excluding hydrogens is 242 g/mol. The Balaban J connectivity index is 2.47. The van der Waals surface area contributed by atoms with Gasteiger partial charge in [-0.15, -0.1) is 0 Å². The Bertz CT molecular complexity index is 391. The van der Waals surface area contributed by atoms with Crippen LogP contribution in [0.5, 0.6) is 0 Å². The molecular formula is C13H16F2OS. The van der Waals surface area contributed by atoms with E-state index in [0.29, 0.717) is 5.92 Å². The summed E-state index contributed by atoms with van der Waals surface area (Å²) in [5.74, 6) is 0.00369. The summed E-state index contributed by atoms with van der Waals surface area (Å²) in [6.45, 7) is 4.23. The molecule has 0 radical (unpaired) electrons. The Hall–Kier alpha value is -0.900. The number of hydrogen-bond acceptors (Lipinski definition) is 2. The van der Waals surface area contributed by atoms with E-state index in [1.54, 1.807) is 0 Å². The number of thioether (sulfide) groups is 1. The summed E-state index contributed by atoms with van der Waals surface area (Å²) in [6, 6.07) is 3.05. The van der Waals surface area contributed by atoms with E-state index in [-0.39, 0.29) is 17.1 Å². The molecule has 94 valence electrons. The number of halogens is 2. The highest BCUT2D eigenvalue weighted by atomic mass is 32.2. The first-order chi connectivity index (χ1) is 8.00. The molecule has 1 aromatic rings. The third-order valence-corrected chi connectivity index (χ3v) is 3.29. The molecule has 4 heteroatoms. The van der Waals surface area contributed by atoms with E-state index in [1.807, 2.05) is 0 Å². The SMILES string of the molecule is CC(C)CCSCC(=O)c1ccc(F)cc1F. The van der Waals surface area contributed by atoms with Crippen molar-refractivity contribution in [1.29, 1.82) is 0 Å². The smallest absolute Gasteiger partial charge is 0.175 e. The highest BCUT2D eigenvalue weighted by Crippen LogP contribution is 2.14. The fourth-order valence-corrected chi connectivity index (χ4v) is 2.40. The van der Waals surface area contributed by atoms with Gasteiger partial charge in [-0.25, -0.2) is 8.78 Å². The molecule has 0 unspecified atom stereocenters. The standard InChI is InChI=1S/C13H16F2OS/c1-9(2)5-6-17-8-13(16)11-4-3-10(14)7-12(11)15/h3-4,7,9H,5-6,8H2,1-2H3. The third-order valence-electron chi connectivity index (χ3n) is 2.30. The second-order valence-electron chi connectivity index (χ2n) is 4.28. The van der Waals surface area contributed by atoms with Gasteiger partial charge in [0.05, 0.1) is 11.3 Å². The lowest BCUT2D eigenvalue weighted by Crippen LogP contribution is -2.06. The molecule has 1 aromatic carbocycles. The van der Waals surface area contributed by atoms with Crippen LogP contribution in [0.15, 0.2) is 18.2 Å². The average Bonchev–Trinajstić information content (AvgIpc) is 2.23. The lowest BCUT2D eigenvalue weighted by atomic mass is 10.1. The molecule has 1 nitrogen and oxygen atoms in total. The van der Waals surface area contributed by atoms with Gasteiger partial charge < -0.3 is 0 Å². The molecule has 0 aliphatic rings. The van der Waals surface area contributed by atoms with Crippen molar-refractivity contribution in [1.82, 2.24) is 0 Å². The van der Waals surface area contributed by atoms with Gasteiger partial charge >= 0.3 is 0 Å². The molecule has 0 aromatic heterocycles. The van der Waals surface area contributed by atoms with E-state index in [1.165, 1.54) is 17.8 Å². The monoisotopic (exact) mass is 258 g/mol. The van der Waals surface area contributed by atoms with Crippen LogP contribution in [0.25, 0.3) is 0 Å². The quantitative estimate of drug-likeness (QED) is 0.568. The molecule has 0 fully saturated rings. The predicted octanol–water partition coefficient (Wildman–Crippen LogP) is 3.93. The van der Waals surface area contributed by atoms with Crippen molar-refractivity contribution in [3.05, 3.63) is 35.4 Å². The summed E-state index contributed by atoms with van der Waals surface area (Å²) in [5.41, 5.74) is -0.0246. The summed E-state index contributed by atoms with van der Waals surface area (Å²) in [6.07, 6.45) is 1.03. The molecule has 0 saturated carbocycles. The van der Waals surface area contributed by atoms with Crippen molar-refractivity contribution in [2.45, 2.75) is 20.3 Å². The lowest BCUT2D eigenvalue weighted by molar-refractivity contribution is 0.101. The lowest BCUT2D eigenvalue weighted by Gasteiger charge is -2.05. The van der Waals surface area contributed by atoms with Gasteiger partial charge in [0, 0.05) is 6.07 Å². The molecule has 0 aliphatic carbocycles. The number of carbonyl (C=O) groups excluding carboxylic acids is 1. The zero-order valence-corrected chi connectivity index (χ0v) is 10.8. The molecule has 0 amide bonds. The van der Waals surface area contributed by atoms with Crippen LogP contribution in [0, 0.1) is 17.6 Å². The molecule has 17 heavy (non-hydrogen) atoms. The Morgan fingerprint density at radius 2 is 2.06 bits per heavy atom. The first-order valence-electron chi connectivity index (χ1n) is 5.56. The minimum absolute atomic E-state index is 0.0246. The number of hydrogen-bond donors (Lipinski definition) is 0. The second-order valence-corrected chi connectivity index (χ2v) is 5.39. The summed E-state index contributed by atoms with van der Waals surface area (Å²) in [5, 5.41) is 0. The molecule has 1 rings (SSSR count). The second kappa shape index (κ2) is 6.74. The van der Waals surface area contributed by atoms with Crippen LogP contribution in [0.3, 0.4) is 0 Å². The fourth-order valence-electron chi connectivity index (χ4n) is 1.28. The summed E-state index contributed by atoms with van der Waals surface area (Å²) < 4.78 is 25.9. The van der Waals surface area contributed by atoms with Gasteiger partial charge in [0.15, 0.2) is 5.78 Å². The van der Waals surface area contributed by atoms with Crippen LogP contribution in [0.4, 0.5) is 8.78 Å². The van der Waals surface area contributed by atoms with Gasteiger partial charge in [-0.2, -0.15) is 11.8 Å². The minimum Gasteiger partial charge on any atom is -0.293 e. The van der Waals surface area contributed by atoms with Gasteiger partial charge in [0.1, 0.15) is 11.6 Å². The van der Waals surface area contributed by atoms with Gasteiger partial charge in [-0.1, -0.05) is 13.8 Å². The van der Waals surface area contributed by atoms with Crippen molar-refractivity contribution in [2.24, 2.45) is 5.92 Å². The van der Waals surface area contributed by atoms with Gasteiger partial charge in [0.25, 0.3) is 0 Å². The van der Waals surface area contributed by atoms with Gasteiger partial charge in [-0.05, 0) is 30.2 Å². The first-order valence-corrected chi connectivity index (χ1v) is 6.72. The van der Waals surface area contributed by atoms with E-state index < -0.39 is 11.6 Å². The van der Waals surface area contributed by atoms with Crippen molar-refractivity contribution in [2.75, 3.05) is 11.5 Å². The zero-order chi connectivity index (χ0) is 12.8. The van der Waals surface area contributed by atoms with E-state index in [4.69, 9.17) is 0 Å². The maximum atomic E-state index is 13.3. The number of benzene rings is 1. The molecule has 0 saturated heterocycles. The van der Waals surface area contributed by atoms with Crippen LogP contribution in [0.2, 0.25) is 0 Å². The van der Waals surface area contributed by atoms with Crippen molar-refractivity contribution < 1.29 is 13.6 Å². The zero-order valence-electron chi connectivity index (χ0n) is 10.0. The maximum absolute atomic E-state index is 13.3. The summed E-state index contributed by atoms with van der Waals surface area (Å²) >= 11 is 1.49. The van der Waals surface area contributed by atoms with Crippen LogP contribution in [-0.4, -0.2) is 17.3 Å². The average molecular weight is 258 g/mol. The van der Waals surface area contributed by atoms with E-state index in [9.17, 15) is 13.6 Å². The minimum atomic E-state index is -0.778. The Morgan fingerprint density at radius 1 is 1.35 bits per heavy atom. The normalized spacial score (nSPS) is 10.9. The molecule has 0 N–H and O–H groups in total. The highest BCUT2D eigenvalue weighted by molar-refractivity contribution is 7.99. The van der Waals surface area contributed by atoms with Crippen LogP contribution in [-0.2, 0) is 0 Å². The Labute approximate surface area is 105 Å². The van der Waals surface area contributed by atoms with Gasteiger partial charge in [-0.3, -0.25) is 4.79 Å². The Morgan fingerprint density at radius 3 is 2.65 bits per heavy atom. The molecule has 0 aliphatic heterocycles. The topological polar surface area (TPSA) is 17.1 Å². The molecule has 0 heterocycles. The predicted molar refractivity (Wildman–Crippen MR) is 67.5 cm³/mol. The van der Waals surface area contributed by atoms with Crippen molar-refractivity contribution in [3.8, 4) is 0 Å². The fraction of sp³-hybridized carbons (Fsp3) is 0.462.